The molecule has 194 valence electrons. The summed E-state index contributed by atoms with van der Waals surface area (Å²) in [5, 5.41) is 8.65. The zero-order valence-corrected chi connectivity index (χ0v) is 22.5. The maximum absolute atomic E-state index is 13.5. The van der Waals surface area contributed by atoms with Gasteiger partial charge in [0.1, 0.15) is 25.0 Å². The van der Waals surface area contributed by atoms with E-state index in [9.17, 15) is 4.79 Å². The van der Waals surface area contributed by atoms with Crippen molar-refractivity contribution < 1.29 is 14.3 Å². The second-order valence-corrected chi connectivity index (χ2v) is 10.2. The first-order chi connectivity index (χ1) is 18.5. The number of nitrogens with one attached hydrogen (secondary N) is 1. The highest BCUT2D eigenvalue weighted by molar-refractivity contribution is 7.99. The quantitative estimate of drug-likeness (QED) is 0.202. The van der Waals surface area contributed by atoms with Gasteiger partial charge in [0, 0.05) is 5.70 Å². The number of ether oxygens (including phenoxy) is 2. The number of hydrogen-bond donors (Lipinski definition) is 1. The molecule has 8 heteroatoms. The van der Waals surface area contributed by atoms with Gasteiger partial charge in [-0.1, -0.05) is 85.4 Å². The van der Waals surface area contributed by atoms with Crippen LogP contribution in [0.4, 0.5) is 5.95 Å². The molecule has 0 saturated heterocycles. The number of fused-ring (bicyclic) bond motifs is 1. The molecule has 0 radical (unpaired) electrons. The van der Waals surface area contributed by atoms with Crippen molar-refractivity contribution in [2.75, 3.05) is 11.1 Å². The van der Waals surface area contributed by atoms with Gasteiger partial charge in [-0.25, -0.2) is 9.48 Å². The Labute approximate surface area is 226 Å². The molecule has 1 atom stereocenters. The lowest BCUT2D eigenvalue weighted by atomic mass is 9.95. The molecule has 1 aliphatic heterocycles. The van der Waals surface area contributed by atoms with E-state index in [-0.39, 0.29) is 6.61 Å². The molecule has 1 aromatic heterocycles. The molecule has 0 bridgehead atoms. The van der Waals surface area contributed by atoms with Gasteiger partial charge < -0.3 is 14.8 Å². The van der Waals surface area contributed by atoms with Crippen molar-refractivity contribution in [2.45, 2.75) is 45.2 Å². The molecule has 0 saturated carbocycles. The Kier molecular flexibility index (Phi) is 7.79. The molecule has 1 N–H and O–H groups in total. The van der Waals surface area contributed by atoms with Gasteiger partial charge in [-0.2, -0.15) is 4.98 Å². The Bertz CT molecular complexity index is 1470. The average Bonchev–Trinajstić information content (AvgIpc) is 3.33. The minimum absolute atomic E-state index is 0.184. The summed E-state index contributed by atoms with van der Waals surface area (Å²) in [6.07, 6.45) is 0. The van der Waals surface area contributed by atoms with Gasteiger partial charge in [0.15, 0.2) is 0 Å². The standard InChI is InChI=1S/C30H30N4O3S/c1-4-38-30-32-29-31-21(3)26(28(35)37-18-22-12-6-5-7-13-22)27(34(29)33-30)23-15-10-16-25(17-23)36-19-24-14-9-8-11-20(24)2/h5-17,27H,4,18-19H2,1-3H3,(H,31,32,33). The van der Waals surface area contributed by atoms with Gasteiger partial charge in [0.25, 0.3) is 0 Å². The van der Waals surface area contributed by atoms with E-state index in [1.807, 2.05) is 73.7 Å². The van der Waals surface area contributed by atoms with E-state index in [4.69, 9.17) is 14.6 Å². The van der Waals surface area contributed by atoms with Gasteiger partial charge in [0.05, 0.1) is 5.57 Å². The summed E-state index contributed by atoms with van der Waals surface area (Å²) >= 11 is 1.55. The van der Waals surface area contributed by atoms with Gasteiger partial charge in [0.2, 0.25) is 11.1 Å². The van der Waals surface area contributed by atoms with E-state index >= 15 is 0 Å². The van der Waals surface area contributed by atoms with Gasteiger partial charge in [-0.05, 0) is 54.0 Å². The minimum atomic E-state index is -0.518. The zero-order chi connectivity index (χ0) is 26.5. The Morgan fingerprint density at radius 2 is 1.79 bits per heavy atom. The van der Waals surface area contributed by atoms with Crippen LogP contribution < -0.4 is 10.1 Å². The zero-order valence-electron chi connectivity index (χ0n) is 21.7. The van der Waals surface area contributed by atoms with Crippen LogP contribution >= 0.6 is 11.8 Å². The summed E-state index contributed by atoms with van der Waals surface area (Å²) in [5.74, 6) is 1.74. The maximum Gasteiger partial charge on any atom is 0.338 e. The summed E-state index contributed by atoms with van der Waals surface area (Å²) in [6.45, 7) is 6.64. The second-order valence-electron chi connectivity index (χ2n) is 9.01. The molecule has 2 heterocycles. The van der Waals surface area contributed by atoms with Crippen LogP contribution in [0, 0.1) is 6.92 Å². The third-order valence-electron chi connectivity index (χ3n) is 6.37. The molecular weight excluding hydrogens is 496 g/mol. The molecule has 0 fully saturated rings. The number of benzene rings is 3. The molecule has 7 nitrogen and oxygen atoms in total. The third kappa shape index (κ3) is 5.60. The number of aromatic nitrogens is 3. The highest BCUT2D eigenvalue weighted by Gasteiger charge is 2.35. The van der Waals surface area contributed by atoms with E-state index in [1.54, 1.807) is 16.4 Å². The number of nitrogens with zero attached hydrogens (tertiary/aromatic N) is 3. The Morgan fingerprint density at radius 3 is 2.58 bits per heavy atom. The highest BCUT2D eigenvalue weighted by Crippen LogP contribution is 2.38. The van der Waals surface area contributed by atoms with Crippen molar-refractivity contribution in [2.24, 2.45) is 0 Å². The highest BCUT2D eigenvalue weighted by atomic mass is 32.2. The van der Waals surface area contributed by atoms with E-state index in [1.165, 1.54) is 5.56 Å². The predicted octanol–water partition coefficient (Wildman–Crippen LogP) is 6.31. The number of anilines is 1. The number of esters is 1. The number of carbonyl (C=O) groups excluding carboxylic acids is 1. The van der Waals surface area contributed by atoms with Crippen molar-refractivity contribution in [3.8, 4) is 5.75 Å². The number of thioether (sulfide) groups is 1. The van der Waals surface area contributed by atoms with Crippen molar-refractivity contribution in [3.63, 3.8) is 0 Å². The van der Waals surface area contributed by atoms with Gasteiger partial charge in [-0.15, -0.1) is 5.10 Å². The molecule has 0 spiro atoms. The fourth-order valence-corrected chi connectivity index (χ4v) is 4.96. The molecule has 3 aromatic carbocycles. The molecular formula is C30H30N4O3S. The summed E-state index contributed by atoms with van der Waals surface area (Å²) in [7, 11) is 0. The molecule has 0 aliphatic carbocycles. The minimum Gasteiger partial charge on any atom is -0.489 e. The second kappa shape index (κ2) is 11.6. The molecule has 5 rings (SSSR count). The van der Waals surface area contributed by atoms with Crippen molar-refractivity contribution in [1.29, 1.82) is 0 Å². The Morgan fingerprint density at radius 1 is 1.00 bits per heavy atom. The Hall–Kier alpha value is -4.04. The fourth-order valence-electron chi connectivity index (χ4n) is 4.40. The number of hydrogen-bond acceptors (Lipinski definition) is 7. The van der Waals surface area contributed by atoms with E-state index in [0.717, 1.165) is 22.4 Å². The van der Waals surface area contributed by atoms with Crippen LogP contribution in [0.3, 0.4) is 0 Å². The van der Waals surface area contributed by atoms with Gasteiger partial charge >= 0.3 is 5.97 Å². The number of carbonyl (C=O) groups is 1. The average molecular weight is 527 g/mol. The molecule has 4 aromatic rings. The van der Waals surface area contributed by atoms with Crippen LogP contribution in [0.25, 0.3) is 0 Å². The normalized spacial score (nSPS) is 14.6. The molecule has 1 aliphatic rings. The first kappa shape index (κ1) is 25.6. The molecule has 0 amide bonds. The lowest BCUT2D eigenvalue weighted by molar-refractivity contribution is -0.140. The number of allylic oxidation sites excluding steroid dienone is 1. The Balaban J connectivity index is 1.47. The fraction of sp³-hybridized carbons (Fsp3) is 0.233. The molecule has 38 heavy (non-hydrogen) atoms. The van der Waals surface area contributed by atoms with Crippen molar-refractivity contribution >= 4 is 23.7 Å². The third-order valence-corrected chi connectivity index (χ3v) is 7.09. The smallest absolute Gasteiger partial charge is 0.338 e. The van der Waals surface area contributed by atoms with Crippen LogP contribution in [0.2, 0.25) is 0 Å². The van der Waals surface area contributed by atoms with Crippen LogP contribution in [0.15, 0.2) is 95.3 Å². The van der Waals surface area contributed by atoms with Crippen LogP contribution in [-0.4, -0.2) is 26.5 Å². The predicted molar refractivity (Wildman–Crippen MR) is 149 cm³/mol. The lowest BCUT2D eigenvalue weighted by Crippen LogP contribution is -2.29. The summed E-state index contributed by atoms with van der Waals surface area (Å²) < 4.78 is 13.7. The largest absolute Gasteiger partial charge is 0.489 e. The van der Waals surface area contributed by atoms with Gasteiger partial charge in [-0.3, -0.25) is 0 Å². The number of rotatable bonds is 9. The maximum atomic E-state index is 13.5. The van der Waals surface area contributed by atoms with Crippen LogP contribution in [0.1, 0.15) is 42.1 Å². The van der Waals surface area contributed by atoms with Crippen molar-refractivity contribution in [1.82, 2.24) is 14.8 Å². The lowest BCUT2D eigenvalue weighted by Gasteiger charge is -2.28. The van der Waals surface area contributed by atoms with Crippen LogP contribution in [-0.2, 0) is 22.7 Å². The van der Waals surface area contributed by atoms with E-state index in [2.05, 4.69) is 36.3 Å². The summed E-state index contributed by atoms with van der Waals surface area (Å²) in [4.78, 5) is 18.2. The summed E-state index contributed by atoms with van der Waals surface area (Å²) in [5.41, 5.74) is 5.26. The first-order valence-electron chi connectivity index (χ1n) is 12.6. The van der Waals surface area contributed by atoms with Crippen molar-refractivity contribution in [3.05, 3.63) is 112 Å². The SMILES string of the molecule is CCSc1nc2n(n1)C(c1cccc(OCc3ccccc3C)c1)C(C(=O)OCc1ccccc1)=C(C)N2. The van der Waals surface area contributed by atoms with E-state index in [0.29, 0.717) is 34.7 Å². The monoisotopic (exact) mass is 526 g/mol. The van der Waals surface area contributed by atoms with Crippen LogP contribution in [0.5, 0.6) is 5.75 Å². The first-order valence-corrected chi connectivity index (χ1v) is 13.6. The van der Waals surface area contributed by atoms with E-state index < -0.39 is 12.0 Å². The topological polar surface area (TPSA) is 78.3 Å². The molecule has 1 unspecified atom stereocenters. The number of aryl methyl sites for hydroxylation is 1. The summed E-state index contributed by atoms with van der Waals surface area (Å²) in [6, 6.07) is 25.1.